The Bertz CT molecular complexity index is 1630. The van der Waals surface area contributed by atoms with E-state index in [2.05, 4.69) is 4.98 Å². The van der Waals surface area contributed by atoms with Crippen LogP contribution in [0.4, 0.5) is 0 Å². The van der Waals surface area contributed by atoms with Crippen molar-refractivity contribution in [2.24, 2.45) is 0 Å². The van der Waals surface area contributed by atoms with Gasteiger partial charge in [-0.05, 0) is 48.0 Å². The Morgan fingerprint density at radius 3 is 2.46 bits per heavy atom. The fourth-order valence-electron chi connectivity index (χ4n) is 3.76. The van der Waals surface area contributed by atoms with E-state index in [9.17, 15) is 4.79 Å². The summed E-state index contributed by atoms with van der Waals surface area (Å²) in [6.07, 6.45) is 1.78. The molecule has 2 aromatic heterocycles. The molecule has 0 amide bonds. The molecule has 178 valence electrons. The average Bonchev–Trinajstić information content (AvgIpc) is 3.38. The van der Waals surface area contributed by atoms with Gasteiger partial charge in [0.05, 0.1) is 34.8 Å². The molecule has 5 aromatic rings. The molecule has 0 saturated heterocycles. The third kappa shape index (κ3) is 4.50. The lowest BCUT2D eigenvalue weighted by atomic mass is 10.2. The average molecular weight is 509 g/mol. The summed E-state index contributed by atoms with van der Waals surface area (Å²) in [5.74, 6) is 2.14. The van der Waals surface area contributed by atoms with Gasteiger partial charge in [-0.3, -0.25) is 4.79 Å². The van der Waals surface area contributed by atoms with E-state index in [1.54, 1.807) is 29.7 Å². The molecular formula is C26H21ClN2O5S. The predicted octanol–water partition coefficient (Wildman–Crippen LogP) is 4.59. The zero-order valence-electron chi connectivity index (χ0n) is 19.0. The van der Waals surface area contributed by atoms with E-state index >= 15 is 0 Å². The Hall–Kier alpha value is -3.75. The number of halogens is 1. The molecule has 0 fully saturated rings. The second kappa shape index (κ2) is 9.85. The number of nitrogens with zero attached hydrogens (tertiary/aromatic N) is 2. The van der Waals surface area contributed by atoms with E-state index in [0.717, 1.165) is 16.6 Å². The first-order valence-electron chi connectivity index (χ1n) is 10.8. The van der Waals surface area contributed by atoms with Gasteiger partial charge in [-0.2, -0.15) is 0 Å². The highest BCUT2D eigenvalue weighted by Gasteiger charge is 2.14. The van der Waals surface area contributed by atoms with Gasteiger partial charge in [0.2, 0.25) is 0 Å². The minimum atomic E-state index is -0.123. The standard InChI is InChI=1S/C26H21ClN2O5S/c1-31-20-9-5-6-10-21(20)33-11-12-34-24-17(27)13-16(14-22(24)32-2)15-23-25(30)29-19-8-4-3-7-18(19)28-26(29)35-23/h3-10,13-15H,11-12H2,1-2H3/b23-15-. The second-order valence-electron chi connectivity index (χ2n) is 7.52. The number of imidazole rings is 1. The molecule has 0 N–H and O–H groups in total. The van der Waals surface area contributed by atoms with Crippen LogP contribution in [0.5, 0.6) is 23.0 Å². The third-order valence-electron chi connectivity index (χ3n) is 5.35. The first-order valence-corrected chi connectivity index (χ1v) is 12.0. The molecule has 0 radical (unpaired) electrons. The van der Waals surface area contributed by atoms with Crippen LogP contribution in [-0.4, -0.2) is 36.8 Å². The smallest absolute Gasteiger partial charge is 0.274 e. The number of hydrogen-bond donors (Lipinski definition) is 0. The lowest BCUT2D eigenvalue weighted by Crippen LogP contribution is -2.22. The maximum absolute atomic E-state index is 13.0. The van der Waals surface area contributed by atoms with Gasteiger partial charge in [0.1, 0.15) is 13.2 Å². The van der Waals surface area contributed by atoms with Crippen molar-refractivity contribution in [3.8, 4) is 23.0 Å². The van der Waals surface area contributed by atoms with Crippen LogP contribution < -0.4 is 29.0 Å². The summed E-state index contributed by atoms with van der Waals surface area (Å²) in [6, 6.07) is 18.5. The monoisotopic (exact) mass is 508 g/mol. The van der Waals surface area contributed by atoms with E-state index in [1.165, 1.54) is 18.4 Å². The molecule has 3 aromatic carbocycles. The number of rotatable bonds is 8. The summed E-state index contributed by atoms with van der Waals surface area (Å²) in [5.41, 5.74) is 2.18. The molecule has 35 heavy (non-hydrogen) atoms. The Morgan fingerprint density at radius 2 is 1.66 bits per heavy atom. The molecule has 2 heterocycles. The molecular weight excluding hydrogens is 488 g/mol. The fraction of sp³-hybridized carbons (Fsp3) is 0.154. The van der Waals surface area contributed by atoms with Crippen molar-refractivity contribution in [3.63, 3.8) is 0 Å². The molecule has 0 unspecified atom stereocenters. The van der Waals surface area contributed by atoms with Crippen molar-refractivity contribution in [2.45, 2.75) is 0 Å². The molecule has 5 rings (SSSR count). The largest absolute Gasteiger partial charge is 0.493 e. The molecule has 0 spiro atoms. The number of aromatic nitrogens is 2. The molecule has 7 nitrogen and oxygen atoms in total. The molecule has 0 aliphatic carbocycles. The SMILES string of the molecule is COc1ccccc1OCCOc1c(Cl)cc(/C=c2\sc3nc4ccccc4n3c2=O)cc1OC. The van der Waals surface area contributed by atoms with Gasteiger partial charge in [0.15, 0.2) is 28.0 Å². The maximum Gasteiger partial charge on any atom is 0.274 e. The number of thiazole rings is 1. The first-order chi connectivity index (χ1) is 17.1. The van der Waals surface area contributed by atoms with E-state index in [-0.39, 0.29) is 18.8 Å². The molecule has 0 saturated carbocycles. The van der Waals surface area contributed by atoms with Gasteiger partial charge in [-0.25, -0.2) is 9.38 Å². The quantitative estimate of drug-likeness (QED) is 0.286. The number of methoxy groups -OCH3 is 2. The van der Waals surface area contributed by atoms with Crippen LogP contribution in [0.15, 0.2) is 65.5 Å². The van der Waals surface area contributed by atoms with Crippen LogP contribution in [0.3, 0.4) is 0 Å². The predicted molar refractivity (Wildman–Crippen MR) is 138 cm³/mol. The van der Waals surface area contributed by atoms with Crippen molar-refractivity contribution < 1.29 is 18.9 Å². The number of hydrogen-bond acceptors (Lipinski definition) is 7. The molecule has 9 heteroatoms. The number of ether oxygens (including phenoxy) is 4. The Kier molecular flexibility index (Phi) is 6.48. The number of benzene rings is 3. The van der Waals surface area contributed by atoms with Gasteiger partial charge in [-0.15, -0.1) is 0 Å². The normalized spacial score (nSPS) is 11.8. The van der Waals surface area contributed by atoms with Crippen molar-refractivity contribution in [1.29, 1.82) is 0 Å². The van der Waals surface area contributed by atoms with Crippen LogP contribution in [0.1, 0.15) is 5.56 Å². The minimum Gasteiger partial charge on any atom is -0.493 e. The molecule has 0 atom stereocenters. The summed E-state index contributed by atoms with van der Waals surface area (Å²) in [7, 11) is 3.13. The fourth-order valence-corrected chi connectivity index (χ4v) is 5.02. The Balaban J connectivity index is 1.37. The second-order valence-corrected chi connectivity index (χ2v) is 8.93. The van der Waals surface area contributed by atoms with Crippen molar-refractivity contribution in [2.75, 3.05) is 27.4 Å². The number of para-hydroxylation sites is 4. The van der Waals surface area contributed by atoms with Gasteiger partial charge in [0, 0.05) is 0 Å². The molecule has 0 aliphatic heterocycles. The van der Waals surface area contributed by atoms with Crippen LogP contribution in [-0.2, 0) is 0 Å². The maximum atomic E-state index is 13.0. The van der Waals surface area contributed by atoms with E-state index < -0.39 is 0 Å². The topological polar surface area (TPSA) is 71.3 Å². The lowest BCUT2D eigenvalue weighted by Gasteiger charge is -2.14. The van der Waals surface area contributed by atoms with Gasteiger partial charge >= 0.3 is 0 Å². The number of fused-ring (bicyclic) bond motifs is 3. The van der Waals surface area contributed by atoms with E-state index in [4.69, 9.17) is 30.5 Å². The van der Waals surface area contributed by atoms with E-state index in [1.807, 2.05) is 48.5 Å². The Morgan fingerprint density at radius 1 is 0.943 bits per heavy atom. The highest BCUT2D eigenvalue weighted by molar-refractivity contribution is 7.15. The summed E-state index contributed by atoms with van der Waals surface area (Å²) < 4.78 is 24.6. The van der Waals surface area contributed by atoms with Crippen molar-refractivity contribution in [3.05, 3.63) is 86.1 Å². The summed E-state index contributed by atoms with van der Waals surface area (Å²) in [4.78, 5) is 18.2. The zero-order valence-corrected chi connectivity index (χ0v) is 20.6. The van der Waals surface area contributed by atoms with Gasteiger partial charge < -0.3 is 18.9 Å². The lowest BCUT2D eigenvalue weighted by molar-refractivity contribution is 0.206. The molecule has 0 aliphatic rings. The highest BCUT2D eigenvalue weighted by atomic mass is 35.5. The van der Waals surface area contributed by atoms with Crippen molar-refractivity contribution >= 4 is 45.0 Å². The third-order valence-corrected chi connectivity index (χ3v) is 6.60. The summed E-state index contributed by atoms with van der Waals surface area (Å²) in [5, 5.41) is 0.368. The van der Waals surface area contributed by atoms with Gasteiger partial charge in [0.25, 0.3) is 5.56 Å². The van der Waals surface area contributed by atoms with Gasteiger partial charge in [-0.1, -0.05) is 47.2 Å². The minimum absolute atomic E-state index is 0.123. The van der Waals surface area contributed by atoms with Crippen LogP contribution in [0, 0.1) is 0 Å². The Labute approximate surface area is 209 Å². The zero-order chi connectivity index (χ0) is 24.4. The first kappa shape index (κ1) is 23.0. The van der Waals surface area contributed by atoms with Crippen LogP contribution >= 0.6 is 22.9 Å². The van der Waals surface area contributed by atoms with Crippen LogP contribution in [0.2, 0.25) is 5.02 Å². The summed E-state index contributed by atoms with van der Waals surface area (Å²) >= 11 is 7.85. The molecule has 0 bridgehead atoms. The van der Waals surface area contributed by atoms with Crippen LogP contribution in [0.25, 0.3) is 22.1 Å². The summed E-state index contributed by atoms with van der Waals surface area (Å²) in [6.45, 7) is 0.535. The van der Waals surface area contributed by atoms with E-state index in [0.29, 0.717) is 37.5 Å². The highest BCUT2D eigenvalue weighted by Crippen LogP contribution is 2.36. The van der Waals surface area contributed by atoms with Crippen molar-refractivity contribution in [1.82, 2.24) is 9.38 Å².